The highest BCUT2D eigenvalue weighted by atomic mass is 16.5. The molecule has 0 saturated carbocycles. The van der Waals surface area contributed by atoms with E-state index in [9.17, 15) is 9.59 Å². The van der Waals surface area contributed by atoms with Gasteiger partial charge < -0.3 is 20.1 Å². The number of nitrogens with zero attached hydrogens (tertiary/aromatic N) is 1. The molecule has 0 saturated heterocycles. The van der Waals surface area contributed by atoms with E-state index in [2.05, 4.69) is 11.4 Å². The molecule has 1 atom stereocenters. The Morgan fingerprint density at radius 2 is 2.32 bits per heavy atom. The Bertz CT molecular complexity index is 355. The molecule has 2 amide bonds. The SMILES string of the molecule is COCCCC(NC(=O)N1CCC=C(C)C1)C(=O)O. The summed E-state index contributed by atoms with van der Waals surface area (Å²) in [5.74, 6) is -1.01. The molecule has 0 fully saturated rings. The van der Waals surface area contributed by atoms with Gasteiger partial charge in [0.2, 0.25) is 0 Å². The maximum Gasteiger partial charge on any atom is 0.326 e. The smallest absolute Gasteiger partial charge is 0.326 e. The Morgan fingerprint density at radius 3 is 2.89 bits per heavy atom. The fourth-order valence-electron chi connectivity index (χ4n) is 2.01. The van der Waals surface area contributed by atoms with Gasteiger partial charge in [0.15, 0.2) is 0 Å². The van der Waals surface area contributed by atoms with Gasteiger partial charge in [-0.2, -0.15) is 0 Å². The van der Waals surface area contributed by atoms with Gasteiger partial charge in [0.1, 0.15) is 6.04 Å². The molecular weight excluding hydrogens is 248 g/mol. The highest BCUT2D eigenvalue weighted by Gasteiger charge is 2.23. The molecule has 1 rings (SSSR count). The summed E-state index contributed by atoms with van der Waals surface area (Å²) in [4.78, 5) is 24.7. The van der Waals surface area contributed by atoms with Crippen LogP contribution in [0.15, 0.2) is 11.6 Å². The van der Waals surface area contributed by atoms with Crippen LogP contribution in [-0.2, 0) is 9.53 Å². The van der Waals surface area contributed by atoms with Crippen LogP contribution in [0, 0.1) is 0 Å². The Morgan fingerprint density at radius 1 is 1.58 bits per heavy atom. The molecule has 6 heteroatoms. The van der Waals surface area contributed by atoms with E-state index < -0.39 is 12.0 Å². The third-order valence-corrected chi connectivity index (χ3v) is 3.06. The molecular formula is C13H22N2O4. The second-order valence-corrected chi connectivity index (χ2v) is 4.74. The lowest BCUT2D eigenvalue weighted by atomic mass is 10.1. The number of carbonyl (C=O) groups excluding carboxylic acids is 1. The van der Waals surface area contributed by atoms with Crippen molar-refractivity contribution in [3.8, 4) is 0 Å². The molecule has 1 heterocycles. The third kappa shape index (κ3) is 5.30. The third-order valence-electron chi connectivity index (χ3n) is 3.06. The number of methoxy groups -OCH3 is 1. The number of amides is 2. The van der Waals surface area contributed by atoms with E-state index in [1.807, 2.05) is 6.92 Å². The first-order valence-corrected chi connectivity index (χ1v) is 6.47. The first-order chi connectivity index (χ1) is 9.04. The predicted molar refractivity (Wildman–Crippen MR) is 71.0 cm³/mol. The Balaban J connectivity index is 2.46. The maximum atomic E-state index is 12.0. The van der Waals surface area contributed by atoms with Crippen LogP contribution in [0.2, 0.25) is 0 Å². The number of carbonyl (C=O) groups is 2. The standard InChI is InChI=1S/C13H22N2O4/c1-10-5-3-7-15(9-10)13(18)14-11(12(16)17)6-4-8-19-2/h5,11H,3-4,6-9H2,1-2H3,(H,14,18)(H,16,17). The van der Waals surface area contributed by atoms with Crippen LogP contribution in [0.5, 0.6) is 0 Å². The summed E-state index contributed by atoms with van der Waals surface area (Å²) in [6.45, 7) is 3.65. The summed E-state index contributed by atoms with van der Waals surface area (Å²) in [6, 6.07) is -1.16. The summed E-state index contributed by atoms with van der Waals surface area (Å²) < 4.78 is 4.88. The van der Waals surface area contributed by atoms with E-state index in [1.54, 1.807) is 12.0 Å². The van der Waals surface area contributed by atoms with Crippen molar-refractivity contribution in [2.45, 2.75) is 32.2 Å². The van der Waals surface area contributed by atoms with Gasteiger partial charge in [-0.05, 0) is 26.2 Å². The molecule has 2 N–H and O–H groups in total. The van der Waals surface area contributed by atoms with Crippen molar-refractivity contribution in [3.05, 3.63) is 11.6 Å². The number of rotatable bonds is 6. The second kappa shape index (κ2) is 7.78. The predicted octanol–water partition coefficient (Wildman–Crippen LogP) is 1.23. The molecule has 6 nitrogen and oxygen atoms in total. The molecule has 0 radical (unpaired) electrons. The number of carboxylic acid groups (broad SMARTS) is 1. The minimum Gasteiger partial charge on any atom is -0.480 e. The number of ether oxygens (including phenoxy) is 1. The lowest BCUT2D eigenvalue weighted by Crippen LogP contribution is -2.49. The van der Waals surface area contributed by atoms with Crippen molar-refractivity contribution in [1.29, 1.82) is 0 Å². The van der Waals surface area contributed by atoms with Gasteiger partial charge in [-0.25, -0.2) is 9.59 Å². The number of hydrogen-bond acceptors (Lipinski definition) is 3. The molecule has 0 aromatic heterocycles. The van der Waals surface area contributed by atoms with Gasteiger partial charge in [-0.1, -0.05) is 11.6 Å². The summed E-state index contributed by atoms with van der Waals surface area (Å²) >= 11 is 0. The van der Waals surface area contributed by atoms with Crippen molar-refractivity contribution in [1.82, 2.24) is 10.2 Å². The van der Waals surface area contributed by atoms with Crippen LogP contribution in [0.3, 0.4) is 0 Å². The fraction of sp³-hybridized carbons (Fsp3) is 0.692. The number of aliphatic carboxylic acids is 1. The minimum atomic E-state index is -1.01. The minimum absolute atomic E-state index is 0.308. The zero-order valence-electron chi connectivity index (χ0n) is 11.5. The molecule has 0 bridgehead atoms. The zero-order chi connectivity index (χ0) is 14.3. The van der Waals surface area contributed by atoms with Gasteiger partial charge >= 0.3 is 12.0 Å². The van der Waals surface area contributed by atoms with E-state index >= 15 is 0 Å². The molecule has 1 aliphatic heterocycles. The summed E-state index contributed by atoms with van der Waals surface area (Å²) in [7, 11) is 1.57. The van der Waals surface area contributed by atoms with E-state index in [-0.39, 0.29) is 6.03 Å². The van der Waals surface area contributed by atoms with E-state index in [0.29, 0.717) is 32.5 Å². The molecule has 19 heavy (non-hydrogen) atoms. The monoisotopic (exact) mass is 270 g/mol. The molecule has 0 aliphatic carbocycles. The lowest BCUT2D eigenvalue weighted by molar-refractivity contribution is -0.139. The molecule has 1 aliphatic rings. The van der Waals surface area contributed by atoms with Crippen LogP contribution in [-0.4, -0.2) is 54.9 Å². The number of nitrogens with one attached hydrogen (secondary N) is 1. The number of urea groups is 1. The summed E-state index contributed by atoms with van der Waals surface area (Å²) in [6.07, 6.45) is 3.89. The van der Waals surface area contributed by atoms with Crippen molar-refractivity contribution < 1.29 is 19.4 Å². The van der Waals surface area contributed by atoms with Gasteiger partial charge in [-0.15, -0.1) is 0 Å². The van der Waals surface area contributed by atoms with Crippen LogP contribution in [0.25, 0.3) is 0 Å². The van der Waals surface area contributed by atoms with E-state index in [1.165, 1.54) is 0 Å². The first kappa shape index (κ1) is 15.5. The van der Waals surface area contributed by atoms with Gasteiger partial charge in [-0.3, -0.25) is 0 Å². The second-order valence-electron chi connectivity index (χ2n) is 4.74. The zero-order valence-corrected chi connectivity index (χ0v) is 11.5. The van der Waals surface area contributed by atoms with E-state index in [4.69, 9.17) is 9.84 Å². The highest BCUT2D eigenvalue weighted by Crippen LogP contribution is 2.09. The Kier molecular flexibility index (Phi) is 6.35. The number of hydrogen-bond donors (Lipinski definition) is 2. The van der Waals surface area contributed by atoms with Crippen LogP contribution in [0.1, 0.15) is 26.2 Å². The molecule has 0 aromatic rings. The molecule has 0 aromatic carbocycles. The van der Waals surface area contributed by atoms with Gasteiger partial charge in [0.05, 0.1) is 0 Å². The van der Waals surface area contributed by atoms with Crippen molar-refractivity contribution in [2.24, 2.45) is 0 Å². The van der Waals surface area contributed by atoms with Crippen molar-refractivity contribution >= 4 is 12.0 Å². The first-order valence-electron chi connectivity index (χ1n) is 6.47. The molecule has 1 unspecified atom stereocenters. The number of carboxylic acids is 1. The summed E-state index contributed by atoms with van der Waals surface area (Å²) in [5, 5.41) is 11.7. The van der Waals surface area contributed by atoms with Crippen LogP contribution in [0.4, 0.5) is 4.79 Å². The van der Waals surface area contributed by atoms with E-state index in [0.717, 1.165) is 12.0 Å². The van der Waals surface area contributed by atoms with Crippen LogP contribution >= 0.6 is 0 Å². The Hall–Kier alpha value is -1.56. The lowest BCUT2D eigenvalue weighted by Gasteiger charge is -2.28. The molecule has 108 valence electrons. The summed E-state index contributed by atoms with van der Waals surface area (Å²) in [5.41, 5.74) is 1.13. The largest absolute Gasteiger partial charge is 0.480 e. The molecule has 0 spiro atoms. The fourth-order valence-corrected chi connectivity index (χ4v) is 2.01. The van der Waals surface area contributed by atoms with Crippen molar-refractivity contribution in [2.75, 3.05) is 26.8 Å². The average molecular weight is 270 g/mol. The highest BCUT2D eigenvalue weighted by molar-refractivity contribution is 5.82. The van der Waals surface area contributed by atoms with Gasteiger partial charge in [0, 0.05) is 26.8 Å². The Labute approximate surface area is 113 Å². The van der Waals surface area contributed by atoms with Crippen molar-refractivity contribution in [3.63, 3.8) is 0 Å². The topological polar surface area (TPSA) is 78.9 Å². The van der Waals surface area contributed by atoms with Gasteiger partial charge in [0.25, 0.3) is 0 Å². The quantitative estimate of drug-likeness (QED) is 0.562. The normalized spacial score (nSPS) is 16.7. The average Bonchev–Trinajstić information content (AvgIpc) is 2.37. The maximum absolute atomic E-state index is 12.0. The van der Waals surface area contributed by atoms with Crippen LogP contribution < -0.4 is 5.32 Å².